The van der Waals surface area contributed by atoms with Gasteiger partial charge in [0.25, 0.3) is 0 Å². The molecular weight excluding hydrogens is 236 g/mol. The molecule has 0 amide bonds. The van der Waals surface area contributed by atoms with Gasteiger partial charge in [0.1, 0.15) is 11.9 Å². The van der Waals surface area contributed by atoms with Gasteiger partial charge < -0.3 is 15.4 Å². The van der Waals surface area contributed by atoms with E-state index in [9.17, 15) is 0 Å². The molecular formula is C16H24N2O. The average Bonchev–Trinajstić information content (AvgIpc) is 2.50. The van der Waals surface area contributed by atoms with Crippen LogP contribution in [0, 0.1) is 0 Å². The van der Waals surface area contributed by atoms with Gasteiger partial charge >= 0.3 is 0 Å². The summed E-state index contributed by atoms with van der Waals surface area (Å²) in [4.78, 5) is 0. The molecule has 0 bridgehead atoms. The molecule has 1 aromatic carbocycles. The van der Waals surface area contributed by atoms with Crippen LogP contribution >= 0.6 is 0 Å². The molecule has 3 heteroatoms. The van der Waals surface area contributed by atoms with Gasteiger partial charge in [-0.15, -0.1) is 0 Å². The normalized spacial score (nSPS) is 25.2. The maximum Gasteiger partial charge on any atom is 0.123 e. The Balaban J connectivity index is 1.72. The summed E-state index contributed by atoms with van der Waals surface area (Å²) in [6.45, 7) is 4.38. The maximum absolute atomic E-state index is 6.26. The Kier molecular flexibility index (Phi) is 4.36. The summed E-state index contributed by atoms with van der Waals surface area (Å²) in [6, 6.07) is 8.63. The summed E-state index contributed by atoms with van der Waals surface area (Å²) in [6.07, 6.45) is 5.19. The predicted molar refractivity (Wildman–Crippen MR) is 77.8 cm³/mol. The summed E-state index contributed by atoms with van der Waals surface area (Å²) < 4.78 is 6.26. The number of hydrogen-bond donors (Lipinski definition) is 2. The van der Waals surface area contributed by atoms with E-state index < -0.39 is 0 Å². The molecule has 104 valence electrons. The molecule has 2 aliphatic rings. The SMILES string of the molecule is c1ccc(C2CCNCC2)c(O[C@@H]2CCCNC2)c1. The lowest BCUT2D eigenvalue weighted by Gasteiger charge is -2.28. The smallest absolute Gasteiger partial charge is 0.123 e. The van der Waals surface area contributed by atoms with Crippen molar-refractivity contribution in [2.75, 3.05) is 26.2 Å². The van der Waals surface area contributed by atoms with Crippen LogP contribution in [0.15, 0.2) is 24.3 Å². The van der Waals surface area contributed by atoms with Crippen molar-refractivity contribution in [1.82, 2.24) is 10.6 Å². The predicted octanol–water partition coefficient (Wildman–Crippen LogP) is 2.28. The third-order valence-electron chi connectivity index (χ3n) is 4.24. The molecule has 2 fully saturated rings. The zero-order valence-electron chi connectivity index (χ0n) is 11.5. The molecule has 2 aliphatic heterocycles. The van der Waals surface area contributed by atoms with E-state index in [-0.39, 0.29) is 0 Å². The van der Waals surface area contributed by atoms with Gasteiger partial charge in [0.05, 0.1) is 0 Å². The van der Waals surface area contributed by atoms with Gasteiger partial charge in [-0.3, -0.25) is 0 Å². The van der Waals surface area contributed by atoms with Crippen molar-refractivity contribution in [1.29, 1.82) is 0 Å². The summed E-state index contributed by atoms with van der Waals surface area (Å²) in [7, 11) is 0. The fraction of sp³-hybridized carbons (Fsp3) is 0.625. The second-order valence-electron chi connectivity index (χ2n) is 5.65. The van der Waals surface area contributed by atoms with Crippen molar-refractivity contribution >= 4 is 0 Å². The molecule has 0 unspecified atom stereocenters. The number of piperidine rings is 2. The summed E-state index contributed by atoms with van der Waals surface area (Å²) in [5, 5.41) is 6.85. The van der Waals surface area contributed by atoms with E-state index in [1.54, 1.807) is 0 Å². The van der Waals surface area contributed by atoms with Crippen molar-refractivity contribution in [3.05, 3.63) is 29.8 Å². The van der Waals surface area contributed by atoms with E-state index in [1.807, 2.05) is 0 Å². The van der Waals surface area contributed by atoms with E-state index in [4.69, 9.17) is 4.74 Å². The molecule has 0 spiro atoms. The highest BCUT2D eigenvalue weighted by Gasteiger charge is 2.21. The molecule has 0 aromatic heterocycles. The van der Waals surface area contributed by atoms with Crippen LogP contribution in [0.5, 0.6) is 5.75 Å². The number of hydrogen-bond acceptors (Lipinski definition) is 3. The van der Waals surface area contributed by atoms with Crippen LogP contribution in [0.4, 0.5) is 0 Å². The van der Waals surface area contributed by atoms with Crippen LogP contribution < -0.4 is 15.4 Å². The Morgan fingerprint density at radius 1 is 0.947 bits per heavy atom. The van der Waals surface area contributed by atoms with Crippen molar-refractivity contribution in [3.8, 4) is 5.75 Å². The largest absolute Gasteiger partial charge is 0.489 e. The monoisotopic (exact) mass is 260 g/mol. The Morgan fingerprint density at radius 2 is 1.79 bits per heavy atom. The van der Waals surface area contributed by atoms with Gasteiger partial charge in [-0.1, -0.05) is 18.2 Å². The molecule has 2 heterocycles. The first kappa shape index (κ1) is 12.9. The highest BCUT2D eigenvalue weighted by Crippen LogP contribution is 2.33. The minimum absolute atomic E-state index is 0.344. The quantitative estimate of drug-likeness (QED) is 0.875. The molecule has 1 atom stereocenters. The molecule has 0 saturated carbocycles. The Bertz CT molecular complexity index is 395. The molecule has 0 aliphatic carbocycles. The molecule has 2 saturated heterocycles. The van der Waals surface area contributed by atoms with Crippen LogP contribution in [0.3, 0.4) is 0 Å². The van der Waals surface area contributed by atoms with Crippen LogP contribution in [0.25, 0.3) is 0 Å². The minimum atomic E-state index is 0.344. The van der Waals surface area contributed by atoms with Crippen molar-refractivity contribution < 1.29 is 4.74 Å². The molecule has 3 rings (SSSR count). The second-order valence-corrected chi connectivity index (χ2v) is 5.65. The van der Waals surface area contributed by atoms with Gasteiger partial charge in [-0.05, 0) is 62.9 Å². The topological polar surface area (TPSA) is 33.3 Å². The number of para-hydroxylation sites is 1. The first-order valence-electron chi connectivity index (χ1n) is 7.60. The zero-order chi connectivity index (χ0) is 12.9. The van der Waals surface area contributed by atoms with Gasteiger partial charge in [0.15, 0.2) is 0 Å². The van der Waals surface area contributed by atoms with E-state index in [1.165, 1.54) is 31.2 Å². The van der Waals surface area contributed by atoms with Gasteiger partial charge in [0, 0.05) is 6.54 Å². The van der Waals surface area contributed by atoms with Crippen LogP contribution in [0.1, 0.15) is 37.2 Å². The fourth-order valence-corrected chi connectivity index (χ4v) is 3.16. The van der Waals surface area contributed by atoms with Crippen LogP contribution in [-0.4, -0.2) is 32.3 Å². The van der Waals surface area contributed by atoms with Crippen LogP contribution in [-0.2, 0) is 0 Å². The summed E-state index contributed by atoms with van der Waals surface area (Å²) in [5.74, 6) is 1.78. The highest BCUT2D eigenvalue weighted by molar-refractivity contribution is 5.36. The Morgan fingerprint density at radius 3 is 2.58 bits per heavy atom. The summed E-state index contributed by atoms with van der Waals surface area (Å²) in [5.41, 5.74) is 1.41. The minimum Gasteiger partial charge on any atom is -0.489 e. The number of ether oxygens (including phenoxy) is 1. The van der Waals surface area contributed by atoms with Gasteiger partial charge in [-0.25, -0.2) is 0 Å². The highest BCUT2D eigenvalue weighted by atomic mass is 16.5. The molecule has 19 heavy (non-hydrogen) atoms. The Labute approximate surface area is 115 Å². The van der Waals surface area contributed by atoms with Gasteiger partial charge in [0.2, 0.25) is 0 Å². The van der Waals surface area contributed by atoms with E-state index >= 15 is 0 Å². The van der Waals surface area contributed by atoms with E-state index in [0.29, 0.717) is 12.0 Å². The maximum atomic E-state index is 6.26. The van der Waals surface area contributed by atoms with Crippen LogP contribution in [0.2, 0.25) is 0 Å². The number of rotatable bonds is 3. The first-order chi connectivity index (χ1) is 9.43. The lowest BCUT2D eigenvalue weighted by Crippen LogP contribution is -2.37. The van der Waals surface area contributed by atoms with Crippen molar-refractivity contribution in [3.63, 3.8) is 0 Å². The number of nitrogens with one attached hydrogen (secondary N) is 2. The van der Waals surface area contributed by atoms with E-state index in [0.717, 1.165) is 31.9 Å². The van der Waals surface area contributed by atoms with Gasteiger partial charge in [-0.2, -0.15) is 0 Å². The lowest BCUT2D eigenvalue weighted by atomic mass is 9.89. The summed E-state index contributed by atoms with van der Waals surface area (Å²) >= 11 is 0. The average molecular weight is 260 g/mol. The third-order valence-corrected chi connectivity index (χ3v) is 4.24. The zero-order valence-corrected chi connectivity index (χ0v) is 11.5. The third kappa shape index (κ3) is 3.28. The lowest BCUT2D eigenvalue weighted by molar-refractivity contribution is 0.164. The molecule has 1 aromatic rings. The second kappa shape index (κ2) is 6.40. The number of benzene rings is 1. The van der Waals surface area contributed by atoms with E-state index in [2.05, 4.69) is 34.9 Å². The molecule has 0 radical (unpaired) electrons. The molecule has 2 N–H and O–H groups in total. The fourth-order valence-electron chi connectivity index (χ4n) is 3.16. The van der Waals surface area contributed by atoms with Crippen molar-refractivity contribution in [2.24, 2.45) is 0 Å². The first-order valence-corrected chi connectivity index (χ1v) is 7.60. The molecule has 3 nitrogen and oxygen atoms in total. The standard InChI is InChI=1S/C16H24N2O/c1-2-6-16(19-14-4-3-9-18-12-14)15(5-1)13-7-10-17-11-8-13/h1-2,5-6,13-14,17-18H,3-4,7-12H2/t14-/m1/s1. The Hall–Kier alpha value is -1.06. The van der Waals surface area contributed by atoms with Crippen molar-refractivity contribution in [2.45, 2.75) is 37.7 Å².